The molecular formula is C13H19Br2NOS. The fourth-order valence-electron chi connectivity index (χ4n) is 2.69. The van der Waals surface area contributed by atoms with Crippen LogP contribution in [0.4, 0.5) is 0 Å². The number of hydrogen-bond acceptors (Lipinski definition) is 3. The van der Waals surface area contributed by atoms with Gasteiger partial charge in [0, 0.05) is 22.4 Å². The van der Waals surface area contributed by atoms with Crippen molar-refractivity contribution in [1.29, 1.82) is 0 Å². The van der Waals surface area contributed by atoms with Crippen LogP contribution < -0.4 is 5.32 Å². The number of thiophene rings is 1. The summed E-state index contributed by atoms with van der Waals surface area (Å²) in [6.45, 7) is 3.76. The molecule has 2 N–H and O–H groups in total. The van der Waals surface area contributed by atoms with Crippen LogP contribution in [0.25, 0.3) is 0 Å². The van der Waals surface area contributed by atoms with Gasteiger partial charge in [0.1, 0.15) is 0 Å². The fraction of sp³-hybridized carbons (Fsp3) is 0.692. The van der Waals surface area contributed by atoms with Crippen molar-refractivity contribution >= 4 is 43.2 Å². The average Bonchev–Trinajstić information content (AvgIpc) is 2.57. The molecule has 5 heteroatoms. The van der Waals surface area contributed by atoms with Gasteiger partial charge < -0.3 is 10.4 Å². The van der Waals surface area contributed by atoms with Gasteiger partial charge in [-0.05, 0) is 56.7 Å². The van der Waals surface area contributed by atoms with Crippen LogP contribution in [0.3, 0.4) is 0 Å². The van der Waals surface area contributed by atoms with Crippen molar-refractivity contribution in [2.75, 3.05) is 6.54 Å². The highest BCUT2D eigenvalue weighted by Gasteiger charge is 2.31. The maximum Gasteiger partial charge on any atom is 0.0843 e. The van der Waals surface area contributed by atoms with E-state index in [4.69, 9.17) is 0 Å². The Morgan fingerprint density at radius 3 is 2.94 bits per heavy atom. The van der Waals surface area contributed by atoms with Crippen LogP contribution in [0.15, 0.2) is 14.3 Å². The summed E-state index contributed by atoms with van der Waals surface area (Å²) >= 11 is 8.71. The van der Waals surface area contributed by atoms with Crippen LogP contribution >= 0.6 is 43.2 Å². The molecule has 2 rings (SSSR count). The van der Waals surface area contributed by atoms with E-state index in [1.807, 2.05) is 0 Å². The molecule has 2 nitrogen and oxygen atoms in total. The lowest BCUT2D eigenvalue weighted by Crippen LogP contribution is -2.43. The maximum absolute atomic E-state index is 10.5. The molecule has 1 heterocycles. The van der Waals surface area contributed by atoms with Gasteiger partial charge in [0.2, 0.25) is 0 Å². The quantitative estimate of drug-likeness (QED) is 0.794. The monoisotopic (exact) mass is 395 g/mol. The Hall–Kier alpha value is 0.580. The lowest BCUT2D eigenvalue weighted by Gasteiger charge is -2.35. The van der Waals surface area contributed by atoms with E-state index in [1.54, 1.807) is 11.3 Å². The maximum atomic E-state index is 10.5. The zero-order valence-corrected chi connectivity index (χ0v) is 14.5. The molecule has 1 fully saturated rings. The molecule has 0 aromatic carbocycles. The van der Waals surface area contributed by atoms with Crippen molar-refractivity contribution in [2.24, 2.45) is 5.92 Å². The third kappa shape index (κ3) is 4.04. The smallest absolute Gasteiger partial charge is 0.0843 e. The summed E-state index contributed by atoms with van der Waals surface area (Å²) in [5.41, 5.74) is -0.497. The first-order valence-corrected chi connectivity index (χ1v) is 8.75. The van der Waals surface area contributed by atoms with E-state index < -0.39 is 5.60 Å². The van der Waals surface area contributed by atoms with Gasteiger partial charge in [0.15, 0.2) is 0 Å². The molecule has 2 atom stereocenters. The Balaban J connectivity index is 1.81. The van der Waals surface area contributed by atoms with Gasteiger partial charge in [-0.2, -0.15) is 0 Å². The summed E-state index contributed by atoms with van der Waals surface area (Å²) in [7, 11) is 0. The van der Waals surface area contributed by atoms with E-state index >= 15 is 0 Å². The predicted molar refractivity (Wildman–Crippen MR) is 84.0 cm³/mol. The first-order valence-electron chi connectivity index (χ1n) is 6.35. The van der Waals surface area contributed by atoms with Crippen molar-refractivity contribution in [2.45, 2.75) is 44.8 Å². The molecule has 0 amide bonds. The highest BCUT2D eigenvalue weighted by Crippen LogP contribution is 2.33. The Morgan fingerprint density at radius 1 is 1.56 bits per heavy atom. The molecule has 1 aliphatic rings. The second-order valence-electron chi connectivity index (χ2n) is 5.36. The molecule has 0 spiro atoms. The number of halogens is 2. The number of aliphatic hydroxyl groups is 1. The molecule has 1 saturated carbocycles. The summed E-state index contributed by atoms with van der Waals surface area (Å²) in [4.78, 5) is 1.28. The van der Waals surface area contributed by atoms with Crippen LogP contribution in [0.2, 0.25) is 0 Å². The number of nitrogens with one attached hydrogen (secondary N) is 1. The zero-order chi connectivity index (χ0) is 13.2. The lowest BCUT2D eigenvalue weighted by atomic mass is 9.79. The first kappa shape index (κ1) is 15.0. The van der Waals surface area contributed by atoms with E-state index in [-0.39, 0.29) is 0 Å². The van der Waals surface area contributed by atoms with E-state index in [1.165, 1.54) is 11.3 Å². The average molecular weight is 397 g/mol. The van der Waals surface area contributed by atoms with Gasteiger partial charge >= 0.3 is 0 Å². The SMILES string of the molecule is CC1CCCC(O)(CNCc2cc(Br)c(Br)s2)C1. The summed E-state index contributed by atoms with van der Waals surface area (Å²) in [5, 5.41) is 13.9. The first-order chi connectivity index (χ1) is 8.48. The van der Waals surface area contributed by atoms with Gasteiger partial charge in [-0.25, -0.2) is 0 Å². The Kier molecular flexibility index (Phi) is 5.29. The minimum absolute atomic E-state index is 0.497. The van der Waals surface area contributed by atoms with Crippen LogP contribution in [0, 0.1) is 5.92 Å². The van der Waals surface area contributed by atoms with Gasteiger partial charge in [-0.1, -0.05) is 19.8 Å². The third-order valence-electron chi connectivity index (χ3n) is 3.52. The Morgan fingerprint density at radius 2 is 2.33 bits per heavy atom. The van der Waals surface area contributed by atoms with Gasteiger partial charge in [-0.15, -0.1) is 11.3 Å². The number of hydrogen-bond donors (Lipinski definition) is 2. The molecule has 0 radical (unpaired) electrons. The standard InChI is InChI=1S/C13H19Br2NOS/c1-9-3-2-4-13(17,6-9)8-16-7-10-5-11(14)12(15)18-10/h5,9,16-17H,2-4,6-8H2,1H3. The van der Waals surface area contributed by atoms with Crippen LogP contribution in [0.5, 0.6) is 0 Å². The van der Waals surface area contributed by atoms with Gasteiger partial charge in [0.05, 0.1) is 9.39 Å². The number of rotatable bonds is 4. The highest BCUT2D eigenvalue weighted by molar-refractivity contribution is 9.13. The van der Waals surface area contributed by atoms with Crippen LogP contribution in [-0.4, -0.2) is 17.3 Å². The highest BCUT2D eigenvalue weighted by atomic mass is 79.9. The largest absolute Gasteiger partial charge is 0.389 e. The normalized spacial score (nSPS) is 28.6. The predicted octanol–water partition coefficient (Wildman–Crippen LogP) is 4.30. The Bertz CT molecular complexity index is 390. The molecule has 102 valence electrons. The molecule has 0 aliphatic heterocycles. The van der Waals surface area contributed by atoms with E-state index in [0.717, 1.165) is 34.1 Å². The van der Waals surface area contributed by atoms with E-state index in [2.05, 4.69) is 50.2 Å². The summed E-state index contributed by atoms with van der Waals surface area (Å²) in [6, 6.07) is 2.12. The van der Waals surface area contributed by atoms with Crippen molar-refractivity contribution in [3.8, 4) is 0 Å². The molecule has 1 aliphatic carbocycles. The molecule has 1 aromatic heterocycles. The minimum Gasteiger partial charge on any atom is -0.389 e. The van der Waals surface area contributed by atoms with Crippen LogP contribution in [0.1, 0.15) is 37.5 Å². The van der Waals surface area contributed by atoms with Gasteiger partial charge in [-0.3, -0.25) is 0 Å². The van der Waals surface area contributed by atoms with Crippen molar-refractivity contribution in [1.82, 2.24) is 5.32 Å². The second-order valence-corrected chi connectivity index (χ2v) is 8.67. The minimum atomic E-state index is -0.497. The van der Waals surface area contributed by atoms with Crippen LogP contribution in [-0.2, 0) is 6.54 Å². The molecule has 18 heavy (non-hydrogen) atoms. The summed E-state index contributed by atoms with van der Waals surface area (Å²) in [6.07, 6.45) is 4.27. The molecule has 1 aromatic rings. The summed E-state index contributed by atoms with van der Waals surface area (Å²) < 4.78 is 2.23. The van der Waals surface area contributed by atoms with Gasteiger partial charge in [0.25, 0.3) is 0 Å². The van der Waals surface area contributed by atoms with E-state index in [0.29, 0.717) is 12.5 Å². The molecule has 2 unspecified atom stereocenters. The van der Waals surface area contributed by atoms with E-state index in [9.17, 15) is 5.11 Å². The Labute approximate surface area is 129 Å². The van der Waals surface area contributed by atoms with Crippen molar-refractivity contribution < 1.29 is 5.11 Å². The van der Waals surface area contributed by atoms with Crippen molar-refractivity contribution in [3.05, 3.63) is 19.2 Å². The topological polar surface area (TPSA) is 32.3 Å². The second kappa shape index (κ2) is 6.35. The zero-order valence-electron chi connectivity index (χ0n) is 10.5. The fourth-order valence-corrected chi connectivity index (χ4v) is 4.84. The lowest BCUT2D eigenvalue weighted by molar-refractivity contribution is -0.0118. The molecular weight excluding hydrogens is 378 g/mol. The van der Waals surface area contributed by atoms with Crippen molar-refractivity contribution in [3.63, 3.8) is 0 Å². The molecule has 0 bridgehead atoms. The third-order valence-corrected chi connectivity index (χ3v) is 6.77. The summed E-state index contributed by atoms with van der Waals surface area (Å²) in [5.74, 6) is 0.649. The molecule has 0 saturated heterocycles.